The lowest BCUT2D eigenvalue weighted by Crippen LogP contribution is -2.37. The largest absolute Gasteiger partial charge is 0.378 e. The van der Waals surface area contributed by atoms with Gasteiger partial charge in [0.25, 0.3) is 0 Å². The Hall–Kier alpha value is -0.610. The van der Waals surface area contributed by atoms with E-state index in [1.54, 1.807) is 0 Å². The lowest BCUT2D eigenvalue weighted by atomic mass is 10.0. The van der Waals surface area contributed by atoms with Crippen LogP contribution in [0.3, 0.4) is 0 Å². The molecule has 41 heavy (non-hydrogen) atoms. The van der Waals surface area contributed by atoms with Crippen LogP contribution in [0.4, 0.5) is 0 Å². The molecule has 0 saturated carbocycles. The fourth-order valence-electron chi connectivity index (χ4n) is 6.38. The first-order valence-electron chi connectivity index (χ1n) is 18.9. The molecular formula is C37H76N3O+. The van der Waals surface area contributed by atoms with E-state index < -0.39 is 0 Å². The zero-order chi connectivity index (χ0) is 29.6. The molecule has 4 nitrogen and oxygen atoms in total. The molecule has 244 valence electrons. The number of nitrogens with one attached hydrogen (secondary N) is 1. The van der Waals surface area contributed by atoms with Crippen molar-refractivity contribution < 1.29 is 9.68 Å². The number of aliphatic hydroxyl groups is 1. The molecular weight excluding hydrogens is 502 g/mol. The van der Waals surface area contributed by atoms with Crippen LogP contribution in [0.1, 0.15) is 194 Å². The van der Waals surface area contributed by atoms with Gasteiger partial charge in [0.1, 0.15) is 19.3 Å². The van der Waals surface area contributed by atoms with Crippen LogP contribution in [0.5, 0.6) is 0 Å². The molecule has 1 atom stereocenters. The zero-order valence-corrected chi connectivity index (χ0v) is 28.5. The van der Waals surface area contributed by atoms with Gasteiger partial charge in [0.05, 0.1) is 6.54 Å². The van der Waals surface area contributed by atoms with Crippen molar-refractivity contribution in [3.05, 3.63) is 0 Å². The van der Waals surface area contributed by atoms with Crippen LogP contribution in [0.25, 0.3) is 0 Å². The number of aliphatic hydroxyl groups excluding tert-OH is 1. The van der Waals surface area contributed by atoms with Crippen molar-refractivity contribution in [2.45, 2.75) is 200 Å². The van der Waals surface area contributed by atoms with Gasteiger partial charge in [0.15, 0.2) is 0 Å². The van der Waals surface area contributed by atoms with Crippen LogP contribution in [-0.2, 0) is 0 Å². The summed E-state index contributed by atoms with van der Waals surface area (Å²) in [5.41, 5.74) is 0. The van der Waals surface area contributed by atoms with Crippen molar-refractivity contribution >= 4 is 5.84 Å². The molecule has 0 aromatic carbocycles. The average Bonchev–Trinajstić information content (AvgIpc) is 3.43. The molecule has 0 saturated heterocycles. The normalized spacial score (nSPS) is 14.4. The van der Waals surface area contributed by atoms with E-state index in [4.69, 9.17) is 0 Å². The fourth-order valence-corrected chi connectivity index (χ4v) is 6.38. The molecule has 0 fully saturated rings. The van der Waals surface area contributed by atoms with Crippen LogP contribution < -0.4 is 5.32 Å². The smallest absolute Gasteiger partial charge is 0.244 e. The second-order valence-corrected chi connectivity index (χ2v) is 13.3. The third kappa shape index (κ3) is 23.5. The van der Waals surface area contributed by atoms with Crippen LogP contribution in [0, 0.1) is 0 Å². The molecule has 0 aliphatic carbocycles. The number of hydrogen-bond acceptors (Lipinski definition) is 3. The number of hydrogen-bond donors (Lipinski definition) is 2. The van der Waals surface area contributed by atoms with Crippen LogP contribution in [0.2, 0.25) is 0 Å². The highest BCUT2D eigenvalue weighted by Crippen LogP contribution is 2.15. The Morgan fingerprint density at radius 3 is 1.44 bits per heavy atom. The Kier molecular flexibility index (Phi) is 27.6. The second kappa shape index (κ2) is 29.5. The maximum atomic E-state index is 10.7. The summed E-state index contributed by atoms with van der Waals surface area (Å²) in [5, 5.41) is 14.3. The van der Waals surface area contributed by atoms with Gasteiger partial charge in [-0.2, -0.15) is 0 Å². The fraction of sp³-hybridized carbons (Fsp3) is 0.973. The Balaban J connectivity index is 1.97. The topological polar surface area (TPSA) is 38.5 Å². The van der Waals surface area contributed by atoms with Gasteiger partial charge in [0, 0.05) is 13.0 Å². The zero-order valence-electron chi connectivity index (χ0n) is 28.5. The Bertz CT molecular complexity index is 579. The Labute approximate surface area is 258 Å². The van der Waals surface area contributed by atoms with Crippen molar-refractivity contribution in [2.75, 3.05) is 33.2 Å². The van der Waals surface area contributed by atoms with Gasteiger partial charge >= 0.3 is 0 Å². The number of rotatable bonds is 32. The van der Waals surface area contributed by atoms with E-state index in [0.29, 0.717) is 0 Å². The molecule has 0 radical (unpaired) electrons. The highest BCUT2D eigenvalue weighted by molar-refractivity contribution is 5.78. The molecule has 1 heterocycles. The van der Waals surface area contributed by atoms with Crippen LogP contribution in [0.15, 0.2) is 0 Å². The van der Waals surface area contributed by atoms with Crippen molar-refractivity contribution in [1.29, 1.82) is 0 Å². The molecule has 0 aromatic rings. The summed E-state index contributed by atoms with van der Waals surface area (Å²) in [4.78, 5) is 2.17. The van der Waals surface area contributed by atoms with Gasteiger partial charge in [-0.05, 0) is 26.3 Å². The van der Waals surface area contributed by atoms with Gasteiger partial charge in [-0.15, -0.1) is 0 Å². The quantitative estimate of drug-likeness (QED) is 0.0474. The number of nitrogens with zero attached hydrogens (tertiary/aromatic N) is 2. The molecule has 0 bridgehead atoms. The first-order chi connectivity index (χ1) is 20.2. The molecule has 0 spiro atoms. The van der Waals surface area contributed by atoms with Crippen molar-refractivity contribution in [3.63, 3.8) is 0 Å². The number of likely N-dealkylation sites (N-methyl/N-ethyl adjacent to an activating group) is 1. The Morgan fingerprint density at radius 2 is 1.00 bits per heavy atom. The predicted octanol–water partition coefficient (Wildman–Crippen LogP) is 10.2. The van der Waals surface area contributed by atoms with E-state index >= 15 is 0 Å². The van der Waals surface area contributed by atoms with Crippen molar-refractivity contribution in [1.82, 2.24) is 10.2 Å². The first-order valence-corrected chi connectivity index (χ1v) is 18.9. The van der Waals surface area contributed by atoms with Gasteiger partial charge in [0.2, 0.25) is 5.84 Å². The van der Waals surface area contributed by atoms with Gasteiger partial charge in [-0.1, -0.05) is 168 Å². The van der Waals surface area contributed by atoms with E-state index in [1.807, 2.05) is 0 Å². The molecule has 1 aliphatic rings. The van der Waals surface area contributed by atoms with E-state index in [0.717, 1.165) is 39.0 Å². The molecule has 2 N–H and O–H groups in total. The van der Waals surface area contributed by atoms with Gasteiger partial charge in [-0.25, -0.2) is 0 Å². The highest BCUT2D eigenvalue weighted by Gasteiger charge is 2.21. The summed E-state index contributed by atoms with van der Waals surface area (Å²) in [5.74, 6) is 1.45. The van der Waals surface area contributed by atoms with Gasteiger partial charge < -0.3 is 5.11 Å². The third-order valence-electron chi connectivity index (χ3n) is 9.41. The SMILES string of the molecule is CCCCCCCCCCCCCCCC1=[N+](CCN(C)C(O)CCCCCCCCCCCCCCC)CCN1. The first kappa shape index (κ1) is 38.4. The molecule has 1 unspecified atom stereocenters. The maximum Gasteiger partial charge on any atom is 0.244 e. The van der Waals surface area contributed by atoms with E-state index in [9.17, 15) is 5.11 Å². The van der Waals surface area contributed by atoms with E-state index in [2.05, 4.69) is 35.7 Å². The Morgan fingerprint density at radius 1 is 0.610 bits per heavy atom. The van der Waals surface area contributed by atoms with Crippen molar-refractivity contribution in [3.8, 4) is 0 Å². The lowest BCUT2D eigenvalue weighted by Gasteiger charge is -2.23. The number of amidine groups is 1. The second-order valence-electron chi connectivity index (χ2n) is 13.3. The standard InChI is InChI=1S/C37H75N3O/c1-4-6-8-10-12-14-16-18-20-22-24-26-28-30-36-38-32-33-40(36)35-34-39(3)37(41)31-29-27-25-23-21-19-17-15-13-11-9-7-5-2/h37,41H,4-35H2,1-3H3/p+1. The summed E-state index contributed by atoms with van der Waals surface area (Å²) >= 11 is 0. The average molecular weight is 579 g/mol. The minimum absolute atomic E-state index is 0.289. The summed E-state index contributed by atoms with van der Waals surface area (Å²) in [6.07, 6.45) is 38.2. The van der Waals surface area contributed by atoms with Crippen LogP contribution >= 0.6 is 0 Å². The monoisotopic (exact) mass is 579 g/mol. The minimum Gasteiger partial charge on any atom is -0.378 e. The molecule has 0 aromatic heterocycles. The maximum absolute atomic E-state index is 10.7. The summed E-state index contributed by atoms with van der Waals surface area (Å²) in [6.45, 7) is 8.78. The van der Waals surface area contributed by atoms with E-state index in [-0.39, 0.29) is 6.23 Å². The molecule has 0 amide bonds. The third-order valence-corrected chi connectivity index (χ3v) is 9.41. The lowest BCUT2D eigenvalue weighted by molar-refractivity contribution is -0.519. The summed E-state index contributed by atoms with van der Waals surface area (Å²) in [6, 6.07) is 0. The number of unbranched alkanes of at least 4 members (excludes halogenated alkanes) is 24. The predicted molar refractivity (Wildman–Crippen MR) is 182 cm³/mol. The molecule has 1 rings (SSSR count). The summed E-state index contributed by atoms with van der Waals surface area (Å²) < 4.78 is 2.54. The molecule has 1 aliphatic heterocycles. The van der Waals surface area contributed by atoms with Gasteiger partial charge in [-0.3, -0.25) is 14.8 Å². The van der Waals surface area contributed by atoms with Crippen molar-refractivity contribution in [2.24, 2.45) is 0 Å². The minimum atomic E-state index is -0.289. The van der Waals surface area contributed by atoms with E-state index in [1.165, 1.54) is 173 Å². The molecule has 4 heteroatoms. The van der Waals surface area contributed by atoms with Crippen LogP contribution in [-0.4, -0.2) is 59.9 Å². The summed E-state index contributed by atoms with van der Waals surface area (Å²) in [7, 11) is 2.10. The highest BCUT2D eigenvalue weighted by atomic mass is 16.3.